The Kier molecular flexibility index (Phi) is 5.31. The van der Waals surface area contributed by atoms with E-state index in [1.165, 1.54) is 23.3 Å². The Bertz CT molecular complexity index is 533. The largest absolute Gasteiger partial charge is 0.310 e. The normalized spacial score (nSPS) is 12.3. The molecule has 2 rings (SSSR count). The summed E-state index contributed by atoms with van der Waals surface area (Å²) in [7, 11) is 0. The second kappa shape index (κ2) is 7.20. The molecule has 1 unspecified atom stereocenters. The van der Waals surface area contributed by atoms with Gasteiger partial charge in [-0.3, -0.25) is 0 Å². The Hall–Kier alpha value is -1.67. The summed E-state index contributed by atoms with van der Waals surface area (Å²) in [6, 6.07) is 15.7. The maximum absolute atomic E-state index is 13.0. The summed E-state index contributed by atoms with van der Waals surface area (Å²) in [5.41, 5.74) is 3.81. The zero-order chi connectivity index (χ0) is 14.4. The molecule has 0 saturated carbocycles. The molecule has 106 valence electrons. The van der Waals surface area contributed by atoms with E-state index in [0.717, 1.165) is 24.9 Å². The zero-order valence-corrected chi connectivity index (χ0v) is 12.2. The monoisotopic (exact) mass is 271 g/mol. The summed E-state index contributed by atoms with van der Waals surface area (Å²) in [5.74, 6) is -0.178. The summed E-state index contributed by atoms with van der Waals surface area (Å²) in [6.07, 6.45) is 2.04. The Labute approximate surface area is 120 Å². The maximum Gasteiger partial charge on any atom is 0.123 e. The van der Waals surface area contributed by atoms with Gasteiger partial charge in [0.05, 0.1) is 0 Å². The molecule has 0 radical (unpaired) electrons. The van der Waals surface area contributed by atoms with Gasteiger partial charge >= 0.3 is 0 Å². The van der Waals surface area contributed by atoms with E-state index >= 15 is 0 Å². The lowest BCUT2D eigenvalue weighted by atomic mass is 9.98. The third-order valence-corrected chi connectivity index (χ3v) is 3.53. The molecule has 1 nitrogen and oxygen atoms in total. The highest BCUT2D eigenvalue weighted by atomic mass is 19.1. The molecule has 1 atom stereocenters. The van der Waals surface area contributed by atoms with Gasteiger partial charge in [-0.1, -0.05) is 48.9 Å². The Morgan fingerprint density at radius 1 is 1.10 bits per heavy atom. The lowest BCUT2D eigenvalue weighted by Gasteiger charge is -2.18. The van der Waals surface area contributed by atoms with Crippen LogP contribution >= 0.6 is 0 Å². The first-order valence-corrected chi connectivity index (χ1v) is 7.23. The van der Waals surface area contributed by atoms with Crippen LogP contribution in [0.25, 0.3) is 0 Å². The van der Waals surface area contributed by atoms with Gasteiger partial charge in [0, 0.05) is 6.04 Å². The van der Waals surface area contributed by atoms with Crippen LogP contribution in [0.4, 0.5) is 4.39 Å². The van der Waals surface area contributed by atoms with Crippen molar-refractivity contribution in [3.05, 3.63) is 71.0 Å². The van der Waals surface area contributed by atoms with Gasteiger partial charge in [0.25, 0.3) is 0 Å². The topological polar surface area (TPSA) is 12.0 Å². The predicted molar refractivity (Wildman–Crippen MR) is 82.3 cm³/mol. The molecule has 20 heavy (non-hydrogen) atoms. The van der Waals surface area contributed by atoms with Crippen LogP contribution in [0.3, 0.4) is 0 Å². The summed E-state index contributed by atoms with van der Waals surface area (Å²) >= 11 is 0. The molecule has 0 aliphatic rings. The van der Waals surface area contributed by atoms with E-state index in [1.807, 2.05) is 12.1 Å². The first kappa shape index (κ1) is 14.7. The van der Waals surface area contributed by atoms with Crippen LogP contribution < -0.4 is 5.32 Å². The summed E-state index contributed by atoms with van der Waals surface area (Å²) in [5, 5.41) is 3.48. The van der Waals surface area contributed by atoms with E-state index in [9.17, 15) is 4.39 Å². The maximum atomic E-state index is 13.0. The van der Waals surface area contributed by atoms with Crippen molar-refractivity contribution < 1.29 is 4.39 Å². The first-order chi connectivity index (χ1) is 9.69. The van der Waals surface area contributed by atoms with Crippen molar-refractivity contribution in [1.82, 2.24) is 5.32 Å². The minimum atomic E-state index is -0.178. The van der Waals surface area contributed by atoms with Gasteiger partial charge in [0.1, 0.15) is 5.82 Å². The molecule has 1 N–H and O–H groups in total. The molecule has 0 amide bonds. The predicted octanol–water partition coefficient (Wildman–Crippen LogP) is 4.42. The molecule has 0 spiro atoms. The van der Waals surface area contributed by atoms with Crippen molar-refractivity contribution >= 4 is 0 Å². The van der Waals surface area contributed by atoms with Crippen LogP contribution in [0.15, 0.2) is 48.5 Å². The molecule has 2 aromatic carbocycles. The van der Waals surface area contributed by atoms with Crippen molar-refractivity contribution in [2.75, 3.05) is 6.54 Å². The van der Waals surface area contributed by atoms with Crippen LogP contribution in [0.1, 0.15) is 36.1 Å². The Balaban J connectivity index is 2.04. The van der Waals surface area contributed by atoms with Crippen molar-refractivity contribution in [2.45, 2.75) is 32.7 Å². The van der Waals surface area contributed by atoms with E-state index in [2.05, 4.69) is 43.4 Å². The van der Waals surface area contributed by atoms with Gasteiger partial charge in [0.2, 0.25) is 0 Å². The standard InChI is InChI=1S/C18H22FN/c1-3-20-18(16-8-10-17(19)11-9-16)12-7-15-6-4-5-14(2)13-15/h4-6,8-11,13,18,20H,3,7,12H2,1-2H3. The van der Waals surface area contributed by atoms with E-state index < -0.39 is 0 Å². The van der Waals surface area contributed by atoms with E-state index in [1.54, 1.807) is 0 Å². The number of halogens is 1. The molecule has 0 fully saturated rings. The molecule has 0 aliphatic heterocycles. The van der Waals surface area contributed by atoms with Crippen LogP contribution in [0, 0.1) is 12.7 Å². The van der Waals surface area contributed by atoms with Crippen LogP contribution in [0.2, 0.25) is 0 Å². The average Bonchev–Trinajstić information content (AvgIpc) is 2.44. The molecular weight excluding hydrogens is 249 g/mol. The molecule has 0 saturated heterocycles. The van der Waals surface area contributed by atoms with Gasteiger partial charge in [-0.25, -0.2) is 4.39 Å². The highest BCUT2D eigenvalue weighted by molar-refractivity contribution is 5.24. The van der Waals surface area contributed by atoms with E-state index in [4.69, 9.17) is 0 Å². The number of hydrogen-bond acceptors (Lipinski definition) is 1. The molecule has 0 aliphatic carbocycles. The highest BCUT2D eigenvalue weighted by Gasteiger charge is 2.10. The number of rotatable bonds is 6. The number of hydrogen-bond donors (Lipinski definition) is 1. The van der Waals surface area contributed by atoms with Crippen molar-refractivity contribution in [3.63, 3.8) is 0 Å². The van der Waals surface area contributed by atoms with Crippen LogP contribution in [-0.4, -0.2) is 6.54 Å². The number of nitrogens with one attached hydrogen (secondary N) is 1. The fourth-order valence-electron chi connectivity index (χ4n) is 2.51. The Morgan fingerprint density at radius 3 is 2.50 bits per heavy atom. The van der Waals surface area contributed by atoms with Gasteiger partial charge < -0.3 is 5.32 Å². The molecule has 2 heteroatoms. The van der Waals surface area contributed by atoms with Crippen molar-refractivity contribution in [2.24, 2.45) is 0 Å². The number of benzene rings is 2. The quantitative estimate of drug-likeness (QED) is 0.820. The second-order valence-corrected chi connectivity index (χ2v) is 5.19. The lowest BCUT2D eigenvalue weighted by Crippen LogP contribution is -2.21. The Morgan fingerprint density at radius 2 is 1.85 bits per heavy atom. The van der Waals surface area contributed by atoms with E-state index in [-0.39, 0.29) is 11.9 Å². The third kappa shape index (κ3) is 4.17. The average molecular weight is 271 g/mol. The third-order valence-electron chi connectivity index (χ3n) is 3.53. The summed E-state index contributed by atoms with van der Waals surface area (Å²) in [6.45, 7) is 5.13. The SMILES string of the molecule is CCNC(CCc1cccc(C)c1)c1ccc(F)cc1. The zero-order valence-electron chi connectivity index (χ0n) is 12.2. The second-order valence-electron chi connectivity index (χ2n) is 5.19. The van der Waals surface area contributed by atoms with Crippen molar-refractivity contribution in [1.29, 1.82) is 0 Å². The molecule has 2 aromatic rings. The lowest BCUT2D eigenvalue weighted by molar-refractivity contribution is 0.514. The molecular formula is C18H22FN. The number of aryl methyl sites for hydroxylation is 2. The van der Waals surface area contributed by atoms with Crippen molar-refractivity contribution in [3.8, 4) is 0 Å². The minimum absolute atomic E-state index is 0.178. The molecule has 0 aromatic heterocycles. The molecule has 0 bridgehead atoms. The van der Waals surface area contributed by atoms with Crippen LogP contribution in [0.5, 0.6) is 0 Å². The molecule has 0 heterocycles. The smallest absolute Gasteiger partial charge is 0.123 e. The van der Waals surface area contributed by atoms with Crippen LogP contribution in [-0.2, 0) is 6.42 Å². The summed E-state index contributed by atoms with van der Waals surface area (Å²) in [4.78, 5) is 0. The fourth-order valence-corrected chi connectivity index (χ4v) is 2.51. The fraction of sp³-hybridized carbons (Fsp3) is 0.333. The summed E-state index contributed by atoms with van der Waals surface area (Å²) < 4.78 is 13.0. The minimum Gasteiger partial charge on any atom is -0.310 e. The van der Waals surface area contributed by atoms with Gasteiger partial charge in [-0.05, 0) is 49.6 Å². The van der Waals surface area contributed by atoms with E-state index in [0.29, 0.717) is 0 Å². The highest BCUT2D eigenvalue weighted by Crippen LogP contribution is 2.20. The van der Waals surface area contributed by atoms with Gasteiger partial charge in [0.15, 0.2) is 0 Å². The van der Waals surface area contributed by atoms with Gasteiger partial charge in [-0.2, -0.15) is 0 Å². The van der Waals surface area contributed by atoms with Gasteiger partial charge in [-0.15, -0.1) is 0 Å². The first-order valence-electron chi connectivity index (χ1n) is 7.23.